The average molecular weight is 328 g/mol. The molecule has 0 radical (unpaired) electrons. The zero-order chi connectivity index (χ0) is 13.7. The molecule has 1 aliphatic heterocycles. The molecule has 0 saturated carbocycles. The van der Waals surface area contributed by atoms with Crippen LogP contribution < -0.4 is 5.32 Å². The molecule has 104 valence electrons. The van der Waals surface area contributed by atoms with Crippen molar-refractivity contribution in [1.29, 1.82) is 0 Å². The van der Waals surface area contributed by atoms with Gasteiger partial charge >= 0.3 is 0 Å². The summed E-state index contributed by atoms with van der Waals surface area (Å²) in [6.45, 7) is 5.00. The highest BCUT2D eigenvalue weighted by molar-refractivity contribution is 9.10. The Bertz CT molecular complexity index is 448. The highest BCUT2D eigenvalue weighted by Crippen LogP contribution is 2.27. The van der Waals surface area contributed by atoms with E-state index in [9.17, 15) is 10.1 Å². The summed E-state index contributed by atoms with van der Waals surface area (Å²) in [6, 6.07) is 5.14. The third-order valence-corrected chi connectivity index (χ3v) is 4.29. The first-order valence-electron chi connectivity index (χ1n) is 6.53. The molecular weight excluding hydrogens is 310 g/mol. The molecule has 1 heterocycles. The van der Waals surface area contributed by atoms with E-state index in [-0.39, 0.29) is 10.6 Å². The summed E-state index contributed by atoms with van der Waals surface area (Å²) in [7, 11) is 0. The van der Waals surface area contributed by atoms with Gasteiger partial charge < -0.3 is 10.2 Å². The van der Waals surface area contributed by atoms with Gasteiger partial charge in [-0.2, -0.15) is 0 Å². The summed E-state index contributed by atoms with van der Waals surface area (Å²) in [4.78, 5) is 12.9. The minimum Gasteiger partial charge on any atom is -0.311 e. The Morgan fingerprint density at radius 3 is 2.79 bits per heavy atom. The van der Waals surface area contributed by atoms with Gasteiger partial charge in [0.15, 0.2) is 0 Å². The molecule has 0 bridgehead atoms. The molecule has 1 N–H and O–H groups in total. The standard InChI is InChI=1S/C13H18BrN3O2/c14-13-11(4-3-5-12(13)17(18)19)10-15-6-9-16-7-1-2-8-16/h3-5,15H,1-2,6-10H2. The molecule has 6 heteroatoms. The zero-order valence-electron chi connectivity index (χ0n) is 10.8. The Hall–Kier alpha value is -0.980. The second-order valence-electron chi connectivity index (χ2n) is 4.73. The smallest absolute Gasteiger partial charge is 0.283 e. The summed E-state index contributed by atoms with van der Waals surface area (Å²) in [5.41, 5.74) is 1.05. The van der Waals surface area contributed by atoms with Gasteiger partial charge in [-0.15, -0.1) is 0 Å². The third kappa shape index (κ3) is 3.99. The largest absolute Gasteiger partial charge is 0.311 e. The summed E-state index contributed by atoms with van der Waals surface area (Å²) in [6.07, 6.45) is 2.60. The molecule has 0 atom stereocenters. The first-order valence-corrected chi connectivity index (χ1v) is 7.32. The van der Waals surface area contributed by atoms with Crippen molar-refractivity contribution in [2.75, 3.05) is 26.2 Å². The molecule has 1 aliphatic rings. The van der Waals surface area contributed by atoms with Crippen LogP contribution in [0.3, 0.4) is 0 Å². The van der Waals surface area contributed by atoms with Gasteiger partial charge in [0.05, 0.1) is 9.40 Å². The fraction of sp³-hybridized carbons (Fsp3) is 0.538. The minimum atomic E-state index is -0.363. The summed E-state index contributed by atoms with van der Waals surface area (Å²) in [5.74, 6) is 0. The fourth-order valence-corrected chi connectivity index (χ4v) is 2.86. The van der Waals surface area contributed by atoms with Gasteiger partial charge in [-0.05, 0) is 47.4 Å². The van der Waals surface area contributed by atoms with Gasteiger partial charge in [0.25, 0.3) is 5.69 Å². The molecule has 1 saturated heterocycles. The van der Waals surface area contributed by atoms with E-state index in [0.717, 1.165) is 18.7 Å². The van der Waals surface area contributed by atoms with Gasteiger partial charge in [-0.1, -0.05) is 12.1 Å². The highest BCUT2D eigenvalue weighted by atomic mass is 79.9. The van der Waals surface area contributed by atoms with Crippen LogP contribution in [-0.2, 0) is 6.54 Å². The molecule has 19 heavy (non-hydrogen) atoms. The van der Waals surface area contributed by atoms with E-state index in [4.69, 9.17) is 0 Å². The number of benzene rings is 1. The maximum Gasteiger partial charge on any atom is 0.283 e. The third-order valence-electron chi connectivity index (χ3n) is 3.37. The SMILES string of the molecule is O=[N+]([O-])c1cccc(CNCCN2CCCC2)c1Br. The molecular formula is C13H18BrN3O2. The first-order chi connectivity index (χ1) is 9.18. The van der Waals surface area contributed by atoms with Crippen LogP contribution in [0, 0.1) is 10.1 Å². The molecule has 5 nitrogen and oxygen atoms in total. The van der Waals surface area contributed by atoms with Crippen molar-refractivity contribution in [1.82, 2.24) is 10.2 Å². The van der Waals surface area contributed by atoms with Crippen LogP contribution in [0.4, 0.5) is 5.69 Å². The van der Waals surface area contributed by atoms with E-state index in [0.29, 0.717) is 11.0 Å². The minimum absolute atomic E-state index is 0.124. The van der Waals surface area contributed by atoms with Gasteiger partial charge in [-0.3, -0.25) is 10.1 Å². The van der Waals surface area contributed by atoms with E-state index < -0.39 is 0 Å². The fourth-order valence-electron chi connectivity index (χ4n) is 2.31. The molecule has 0 spiro atoms. The predicted octanol–water partition coefficient (Wildman–Crippen LogP) is 2.54. The molecule has 0 aliphatic carbocycles. The number of nitrogens with one attached hydrogen (secondary N) is 1. The van der Waals surface area contributed by atoms with Crippen LogP contribution in [-0.4, -0.2) is 36.0 Å². The Morgan fingerprint density at radius 2 is 2.11 bits per heavy atom. The van der Waals surface area contributed by atoms with Crippen LogP contribution in [0.5, 0.6) is 0 Å². The molecule has 0 amide bonds. The van der Waals surface area contributed by atoms with Crippen molar-refractivity contribution < 1.29 is 4.92 Å². The van der Waals surface area contributed by atoms with Crippen LogP contribution in [0.15, 0.2) is 22.7 Å². The number of halogens is 1. The molecule has 1 aromatic carbocycles. The molecule has 2 rings (SSSR count). The predicted molar refractivity (Wildman–Crippen MR) is 78.2 cm³/mol. The van der Waals surface area contributed by atoms with E-state index >= 15 is 0 Å². The number of rotatable bonds is 6. The van der Waals surface area contributed by atoms with Crippen LogP contribution in [0.25, 0.3) is 0 Å². The second-order valence-corrected chi connectivity index (χ2v) is 5.53. The molecule has 0 aromatic heterocycles. The van der Waals surface area contributed by atoms with Crippen molar-refractivity contribution in [3.63, 3.8) is 0 Å². The molecule has 1 aromatic rings. The topological polar surface area (TPSA) is 58.4 Å². The summed E-state index contributed by atoms with van der Waals surface area (Å²) >= 11 is 3.31. The number of nitrogens with zero attached hydrogens (tertiary/aromatic N) is 2. The number of nitro benzene ring substituents is 1. The zero-order valence-corrected chi connectivity index (χ0v) is 12.4. The Balaban J connectivity index is 1.82. The number of likely N-dealkylation sites (tertiary alicyclic amines) is 1. The second kappa shape index (κ2) is 6.98. The molecule has 0 unspecified atom stereocenters. The van der Waals surface area contributed by atoms with Gasteiger partial charge in [-0.25, -0.2) is 0 Å². The summed E-state index contributed by atoms with van der Waals surface area (Å²) in [5, 5.41) is 14.2. The number of nitro groups is 1. The van der Waals surface area contributed by atoms with Crippen molar-refractivity contribution in [3.8, 4) is 0 Å². The maximum atomic E-state index is 10.8. The Morgan fingerprint density at radius 1 is 1.37 bits per heavy atom. The van der Waals surface area contributed by atoms with Crippen molar-refractivity contribution >= 4 is 21.6 Å². The number of hydrogen-bond donors (Lipinski definition) is 1. The van der Waals surface area contributed by atoms with Gasteiger partial charge in [0.1, 0.15) is 0 Å². The van der Waals surface area contributed by atoms with Gasteiger partial charge in [0, 0.05) is 25.7 Å². The van der Waals surface area contributed by atoms with Crippen molar-refractivity contribution in [2.24, 2.45) is 0 Å². The number of hydrogen-bond acceptors (Lipinski definition) is 4. The Labute approximate surface area is 121 Å². The lowest BCUT2D eigenvalue weighted by Gasteiger charge is -2.15. The van der Waals surface area contributed by atoms with E-state index in [1.54, 1.807) is 6.07 Å². The monoisotopic (exact) mass is 327 g/mol. The lowest BCUT2D eigenvalue weighted by molar-refractivity contribution is -0.385. The average Bonchev–Trinajstić information content (AvgIpc) is 2.89. The van der Waals surface area contributed by atoms with E-state index in [1.807, 2.05) is 6.07 Å². The van der Waals surface area contributed by atoms with Gasteiger partial charge in [0.2, 0.25) is 0 Å². The van der Waals surface area contributed by atoms with Crippen molar-refractivity contribution in [2.45, 2.75) is 19.4 Å². The highest BCUT2D eigenvalue weighted by Gasteiger charge is 2.14. The Kier molecular flexibility index (Phi) is 5.30. The quantitative estimate of drug-likeness (QED) is 0.495. The van der Waals surface area contributed by atoms with E-state index in [1.165, 1.54) is 32.0 Å². The maximum absolute atomic E-state index is 10.8. The van der Waals surface area contributed by atoms with Crippen LogP contribution in [0.1, 0.15) is 18.4 Å². The lowest BCUT2D eigenvalue weighted by atomic mass is 10.2. The first kappa shape index (κ1) is 14.4. The lowest BCUT2D eigenvalue weighted by Crippen LogP contribution is -2.29. The van der Waals surface area contributed by atoms with Crippen LogP contribution in [0.2, 0.25) is 0 Å². The van der Waals surface area contributed by atoms with Crippen molar-refractivity contribution in [3.05, 3.63) is 38.3 Å². The summed E-state index contributed by atoms with van der Waals surface area (Å²) < 4.78 is 0.577. The normalized spacial score (nSPS) is 15.8. The van der Waals surface area contributed by atoms with Crippen LogP contribution >= 0.6 is 15.9 Å². The molecule has 1 fully saturated rings. The van der Waals surface area contributed by atoms with E-state index in [2.05, 4.69) is 26.1 Å².